The summed E-state index contributed by atoms with van der Waals surface area (Å²) in [6, 6.07) is 10.0. The van der Waals surface area contributed by atoms with Crippen molar-refractivity contribution in [2.45, 2.75) is 0 Å². The number of carbonyl (C=O) groups is 1. The van der Waals surface area contributed by atoms with E-state index in [4.69, 9.17) is 0 Å². The van der Waals surface area contributed by atoms with Gasteiger partial charge in [0.15, 0.2) is 0 Å². The first kappa shape index (κ1) is 9.45. The largest absolute Gasteiger partial charge is 0.330 e. The predicted molar refractivity (Wildman–Crippen MR) is 56.4 cm³/mol. The third-order valence-electron chi connectivity index (χ3n) is 2.01. The fraction of sp³-hybridized carbons (Fsp3) is 0.0909. The maximum Gasteiger partial charge on any atom is 0.273 e. The number of amides is 1. The van der Waals surface area contributed by atoms with Gasteiger partial charge in [-0.05, 0) is 18.2 Å². The zero-order valence-electron chi connectivity index (χ0n) is 8.27. The second-order valence-corrected chi connectivity index (χ2v) is 3.14. The first-order chi connectivity index (χ1) is 7.27. The summed E-state index contributed by atoms with van der Waals surface area (Å²) in [5.74, 6) is -0.172. The van der Waals surface area contributed by atoms with Gasteiger partial charge in [-0.25, -0.2) is 4.98 Å². The Kier molecular flexibility index (Phi) is 2.49. The van der Waals surface area contributed by atoms with Crippen LogP contribution in [0.25, 0.3) is 0 Å². The predicted octanol–water partition coefficient (Wildman–Crippen LogP) is 1.47. The van der Waals surface area contributed by atoms with E-state index < -0.39 is 0 Å². The van der Waals surface area contributed by atoms with Gasteiger partial charge in [0, 0.05) is 12.7 Å². The normalized spacial score (nSPS) is 9.93. The molecular formula is C11H10N3O. The van der Waals surface area contributed by atoms with E-state index >= 15 is 0 Å². The van der Waals surface area contributed by atoms with Crippen molar-refractivity contribution >= 4 is 11.6 Å². The molecule has 1 radical (unpaired) electrons. The van der Waals surface area contributed by atoms with Crippen LogP contribution in [0.15, 0.2) is 36.8 Å². The van der Waals surface area contributed by atoms with Crippen LogP contribution in [0, 0.1) is 6.07 Å². The number of rotatable bonds is 2. The van der Waals surface area contributed by atoms with E-state index in [2.05, 4.69) is 16.4 Å². The van der Waals surface area contributed by atoms with Crippen molar-refractivity contribution in [1.29, 1.82) is 0 Å². The van der Waals surface area contributed by atoms with Crippen LogP contribution >= 0.6 is 0 Å². The van der Waals surface area contributed by atoms with Crippen LogP contribution in [0.2, 0.25) is 0 Å². The highest BCUT2D eigenvalue weighted by Crippen LogP contribution is 2.07. The number of nitrogens with zero attached hydrogens (tertiary/aromatic N) is 2. The van der Waals surface area contributed by atoms with E-state index in [1.54, 1.807) is 30.1 Å². The van der Waals surface area contributed by atoms with Gasteiger partial charge in [0.2, 0.25) is 0 Å². The molecule has 2 rings (SSSR count). The molecule has 0 bridgehead atoms. The molecule has 1 amide bonds. The Balaban J connectivity index is 2.15. The molecule has 0 saturated carbocycles. The summed E-state index contributed by atoms with van der Waals surface area (Å²) in [4.78, 5) is 15.6. The SMILES string of the molecule is Cn1cncc1C(=O)Nc1c[c]ccc1. The molecule has 15 heavy (non-hydrogen) atoms. The molecule has 0 saturated heterocycles. The van der Waals surface area contributed by atoms with Crippen molar-refractivity contribution in [1.82, 2.24) is 9.55 Å². The monoisotopic (exact) mass is 200 g/mol. The van der Waals surface area contributed by atoms with Gasteiger partial charge in [0.1, 0.15) is 5.69 Å². The van der Waals surface area contributed by atoms with Gasteiger partial charge in [0.05, 0.1) is 12.5 Å². The molecule has 4 nitrogen and oxygen atoms in total. The number of nitrogens with one attached hydrogen (secondary N) is 1. The van der Waals surface area contributed by atoms with Gasteiger partial charge >= 0.3 is 0 Å². The maximum absolute atomic E-state index is 11.7. The summed E-state index contributed by atoms with van der Waals surface area (Å²) in [6.07, 6.45) is 3.12. The van der Waals surface area contributed by atoms with E-state index in [9.17, 15) is 4.79 Å². The molecule has 0 fully saturated rings. The van der Waals surface area contributed by atoms with Gasteiger partial charge in [-0.15, -0.1) is 0 Å². The summed E-state index contributed by atoms with van der Waals surface area (Å²) < 4.78 is 1.67. The lowest BCUT2D eigenvalue weighted by Gasteiger charge is -2.04. The van der Waals surface area contributed by atoms with Gasteiger partial charge < -0.3 is 9.88 Å². The van der Waals surface area contributed by atoms with E-state index in [0.29, 0.717) is 5.69 Å². The highest BCUT2D eigenvalue weighted by Gasteiger charge is 2.08. The van der Waals surface area contributed by atoms with Crippen molar-refractivity contribution in [2.75, 3.05) is 5.32 Å². The Bertz CT molecular complexity index is 462. The smallest absolute Gasteiger partial charge is 0.273 e. The maximum atomic E-state index is 11.7. The molecule has 1 heterocycles. The van der Waals surface area contributed by atoms with Crippen LogP contribution < -0.4 is 5.32 Å². The molecular weight excluding hydrogens is 190 g/mol. The van der Waals surface area contributed by atoms with E-state index in [1.165, 1.54) is 6.20 Å². The third-order valence-corrected chi connectivity index (χ3v) is 2.01. The molecule has 1 N–H and O–H groups in total. The topological polar surface area (TPSA) is 46.9 Å². The summed E-state index contributed by atoms with van der Waals surface area (Å²) in [6.45, 7) is 0. The molecule has 75 valence electrons. The summed E-state index contributed by atoms with van der Waals surface area (Å²) in [5.41, 5.74) is 1.25. The summed E-state index contributed by atoms with van der Waals surface area (Å²) >= 11 is 0. The number of aromatic nitrogens is 2. The van der Waals surface area contributed by atoms with Crippen LogP contribution in [0.3, 0.4) is 0 Å². The standard InChI is InChI=1S/C11H10N3O/c1-14-8-12-7-10(14)11(15)13-9-5-3-2-4-6-9/h2-3,5-8H,1H3,(H,13,15). The zero-order valence-corrected chi connectivity index (χ0v) is 8.27. The Hall–Kier alpha value is -2.10. The average Bonchev–Trinajstić information content (AvgIpc) is 2.66. The van der Waals surface area contributed by atoms with Crippen LogP contribution in [-0.2, 0) is 7.05 Å². The molecule has 4 heteroatoms. The minimum absolute atomic E-state index is 0.172. The second kappa shape index (κ2) is 3.96. The lowest BCUT2D eigenvalue weighted by atomic mass is 10.3. The van der Waals surface area contributed by atoms with Crippen molar-refractivity contribution < 1.29 is 4.79 Å². The molecule has 2 aromatic rings. The second-order valence-electron chi connectivity index (χ2n) is 3.14. The van der Waals surface area contributed by atoms with Gasteiger partial charge in [-0.3, -0.25) is 4.79 Å². The number of anilines is 1. The Labute approximate surface area is 87.6 Å². The van der Waals surface area contributed by atoms with E-state index in [1.807, 2.05) is 12.1 Å². The average molecular weight is 200 g/mol. The lowest BCUT2D eigenvalue weighted by molar-refractivity contribution is 0.101. The molecule has 0 aliphatic carbocycles. The molecule has 1 aromatic carbocycles. The van der Waals surface area contributed by atoms with Gasteiger partial charge in [-0.2, -0.15) is 0 Å². The van der Waals surface area contributed by atoms with E-state index in [-0.39, 0.29) is 5.91 Å². The minimum atomic E-state index is -0.172. The highest BCUT2D eigenvalue weighted by atomic mass is 16.1. The molecule has 0 spiro atoms. The quantitative estimate of drug-likeness (QED) is 0.798. The Morgan fingerprint density at radius 1 is 1.60 bits per heavy atom. The fourth-order valence-corrected chi connectivity index (χ4v) is 1.24. The number of carbonyl (C=O) groups excluding carboxylic acids is 1. The fourth-order valence-electron chi connectivity index (χ4n) is 1.24. The van der Waals surface area contributed by atoms with Crippen molar-refractivity contribution in [3.05, 3.63) is 48.5 Å². The van der Waals surface area contributed by atoms with Crippen LogP contribution in [-0.4, -0.2) is 15.5 Å². The van der Waals surface area contributed by atoms with Crippen LogP contribution in [0.5, 0.6) is 0 Å². The summed E-state index contributed by atoms with van der Waals surface area (Å²) in [7, 11) is 1.78. The molecule has 0 unspecified atom stereocenters. The summed E-state index contributed by atoms with van der Waals surface area (Å²) in [5, 5.41) is 2.75. The Morgan fingerprint density at radius 2 is 2.47 bits per heavy atom. The van der Waals surface area contributed by atoms with Crippen LogP contribution in [0.4, 0.5) is 5.69 Å². The van der Waals surface area contributed by atoms with Gasteiger partial charge in [-0.1, -0.05) is 12.1 Å². The van der Waals surface area contributed by atoms with Gasteiger partial charge in [0.25, 0.3) is 5.91 Å². The molecule has 1 aromatic heterocycles. The number of benzene rings is 1. The minimum Gasteiger partial charge on any atom is -0.330 e. The van der Waals surface area contributed by atoms with Crippen molar-refractivity contribution in [3.63, 3.8) is 0 Å². The lowest BCUT2D eigenvalue weighted by Crippen LogP contribution is -2.15. The number of imidazole rings is 1. The number of hydrogen-bond acceptors (Lipinski definition) is 2. The van der Waals surface area contributed by atoms with Crippen molar-refractivity contribution in [3.8, 4) is 0 Å². The first-order valence-corrected chi connectivity index (χ1v) is 4.51. The molecule has 0 atom stereocenters. The highest BCUT2D eigenvalue weighted by molar-refractivity contribution is 6.02. The third kappa shape index (κ3) is 2.04. The number of aryl methyl sites for hydroxylation is 1. The number of hydrogen-bond donors (Lipinski definition) is 1. The van der Waals surface area contributed by atoms with Crippen molar-refractivity contribution in [2.24, 2.45) is 7.05 Å². The first-order valence-electron chi connectivity index (χ1n) is 4.51. The Morgan fingerprint density at radius 3 is 3.07 bits per heavy atom. The van der Waals surface area contributed by atoms with Crippen LogP contribution in [0.1, 0.15) is 10.5 Å². The zero-order chi connectivity index (χ0) is 10.7. The van der Waals surface area contributed by atoms with E-state index in [0.717, 1.165) is 5.69 Å². The molecule has 0 aliphatic rings. The molecule has 0 aliphatic heterocycles.